The van der Waals surface area contributed by atoms with E-state index in [4.69, 9.17) is 16.3 Å². The smallest absolute Gasteiger partial charge is 0.407 e. The van der Waals surface area contributed by atoms with Crippen molar-refractivity contribution in [1.82, 2.24) is 5.32 Å². The lowest BCUT2D eigenvalue weighted by molar-refractivity contribution is 0.0461. The van der Waals surface area contributed by atoms with Gasteiger partial charge in [0.25, 0.3) is 0 Å². The van der Waals surface area contributed by atoms with Gasteiger partial charge in [0, 0.05) is 17.0 Å². The van der Waals surface area contributed by atoms with Crippen LogP contribution in [0.25, 0.3) is 0 Å². The average Bonchev–Trinajstić information content (AvgIpc) is 2.44. The van der Waals surface area contributed by atoms with E-state index in [1.54, 1.807) is 26.8 Å². The summed E-state index contributed by atoms with van der Waals surface area (Å²) in [5.41, 5.74) is -0.438. The van der Waals surface area contributed by atoms with E-state index in [-0.39, 0.29) is 13.2 Å². The maximum absolute atomic E-state index is 13.1. The third kappa shape index (κ3) is 6.36. The van der Waals surface area contributed by atoms with Gasteiger partial charge in [-0.1, -0.05) is 24.6 Å². The van der Waals surface area contributed by atoms with Gasteiger partial charge in [0.1, 0.15) is 11.4 Å². The van der Waals surface area contributed by atoms with Crippen LogP contribution >= 0.6 is 11.6 Å². The van der Waals surface area contributed by atoms with Crippen LogP contribution in [-0.4, -0.2) is 30.0 Å². The van der Waals surface area contributed by atoms with Crippen LogP contribution in [0.1, 0.15) is 39.7 Å². The zero-order valence-corrected chi connectivity index (χ0v) is 14.8. The van der Waals surface area contributed by atoms with E-state index in [9.17, 15) is 14.3 Å². The molecule has 23 heavy (non-hydrogen) atoms. The second-order valence-corrected chi connectivity index (χ2v) is 7.19. The summed E-state index contributed by atoms with van der Waals surface area (Å²) < 4.78 is 18.4. The van der Waals surface area contributed by atoms with Crippen molar-refractivity contribution in [2.75, 3.05) is 13.2 Å². The first-order valence-electron chi connectivity index (χ1n) is 7.62. The third-order valence-electron chi connectivity index (χ3n) is 3.67. The molecule has 0 spiro atoms. The lowest BCUT2D eigenvalue weighted by Crippen LogP contribution is -2.43. The Morgan fingerprint density at radius 1 is 1.39 bits per heavy atom. The number of aliphatic hydroxyl groups excluding tert-OH is 1. The molecule has 2 N–H and O–H groups in total. The molecular weight excluding hydrogens is 321 g/mol. The number of aliphatic hydroxyl groups is 1. The molecule has 4 nitrogen and oxygen atoms in total. The number of carbonyl (C=O) groups excluding carboxylic acids is 1. The molecule has 1 atom stereocenters. The van der Waals surface area contributed by atoms with E-state index in [0.29, 0.717) is 17.9 Å². The zero-order valence-electron chi connectivity index (χ0n) is 14.1. The normalized spacial score (nSPS) is 14.2. The Kier molecular flexibility index (Phi) is 6.84. The molecule has 6 heteroatoms. The summed E-state index contributed by atoms with van der Waals surface area (Å²) in [7, 11) is 0. The highest BCUT2D eigenvalue weighted by Gasteiger charge is 2.30. The second-order valence-electron chi connectivity index (χ2n) is 6.78. The Balaban J connectivity index is 2.80. The van der Waals surface area contributed by atoms with E-state index in [1.807, 2.05) is 6.92 Å². The van der Waals surface area contributed by atoms with Crippen molar-refractivity contribution in [1.29, 1.82) is 0 Å². The van der Waals surface area contributed by atoms with Crippen molar-refractivity contribution in [3.63, 3.8) is 0 Å². The molecule has 0 saturated carbocycles. The van der Waals surface area contributed by atoms with Crippen molar-refractivity contribution in [2.24, 2.45) is 5.41 Å². The topological polar surface area (TPSA) is 58.6 Å². The molecule has 1 unspecified atom stereocenters. The van der Waals surface area contributed by atoms with Gasteiger partial charge >= 0.3 is 6.09 Å². The van der Waals surface area contributed by atoms with Crippen molar-refractivity contribution in [3.8, 4) is 0 Å². The van der Waals surface area contributed by atoms with E-state index in [1.165, 1.54) is 12.1 Å². The first-order valence-corrected chi connectivity index (χ1v) is 8.00. The van der Waals surface area contributed by atoms with E-state index < -0.39 is 22.9 Å². The molecule has 1 rings (SSSR count). The van der Waals surface area contributed by atoms with Gasteiger partial charge in [-0.2, -0.15) is 0 Å². The largest absolute Gasteiger partial charge is 0.444 e. The molecule has 130 valence electrons. The van der Waals surface area contributed by atoms with Gasteiger partial charge in [0.15, 0.2) is 0 Å². The lowest BCUT2D eigenvalue weighted by atomic mass is 9.80. The molecule has 0 radical (unpaired) electrons. The molecular formula is C17H25ClFNO3. The van der Waals surface area contributed by atoms with Crippen LogP contribution in [0.5, 0.6) is 0 Å². The molecule has 0 fully saturated rings. The fourth-order valence-corrected chi connectivity index (χ4v) is 2.41. The Labute approximate surface area is 142 Å². The van der Waals surface area contributed by atoms with Gasteiger partial charge in [-0.25, -0.2) is 9.18 Å². The number of hydrogen-bond donors (Lipinski definition) is 2. The summed E-state index contributed by atoms with van der Waals surface area (Å²) in [4.78, 5) is 11.8. The van der Waals surface area contributed by atoms with Crippen LogP contribution in [0.2, 0.25) is 5.02 Å². The first kappa shape index (κ1) is 19.7. The standard InChI is InChI=1S/C17H25ClFNO3/c1-5-17(11-21,10-20-15(22)23-16(2,3)4)9-12-6-7-13(19)8-14(12)18/h6-8,21H,5,9-11H2,1-4H3,(H,20,22). The highest BCUT2D eigenvalue weighted by Crippen LogP contribution is 2.30. The van der Waals surface area contributed by atoms with E-state index in [2.05, 4.69) is 5.32 Å². The molecule has 0 aromatic heterocycles. The Morgan fingerprint density at radius 3 is 2.52 bits per heavy atom. The fraction of sp³-hybridized carbons (Fsp3) is 0.588. The van der Waals surface area contributed by atoms with Gasteiger partial charge < -0.3 is 15.2 Å². The number of benzene rings is 1. The number of halogens is 2. The van der Waals surface area contributed by atoms with Crippen LogP contribution in [0.3, 0.4) is 0 Å². The first-order chi connectivity index (χ1) is 10.6. The maximum atomic E-state index is 13.1. The maximum Gasteiger partial charge on any atom is 0.407 e. The predicted molar refractivity (Wildman–Crippen MR) is 89.2 cm³/mol. The second kappa shape index (κ2) is 7.97. The van der Waals surface area contributed by atoms with Gasteiger partial charge in [-0.3, -0.25) is 0 Å². The zero-order chi connectivity index (χ0) is 17.7. The Bertz CT molecular complexity index is 539. The predicted octanol–water partition coefficient (Wildman–Crippen LogP) is 3.94. The van der Waals surface area contributed by atoms with Crippen molar-refractivity contribution >= 4 is 17.7 Å². The lowest BCUT2D eigenvalue weighted by Gasteiger charge is -2.32. The molecule has 1 aromatic carbocycles. The van der Waals surface area contributed by atoms with Crippen LogP contribution in [0.4, 0.5) is 9.18 Å². The van der Waals surface area contributed by atoms with Gasteiger partial charge in [-0.05, 0) is 51.3 Å². The molecule has 0 heterocycles. The quantitative estimate of drug-likeness (QED) is 0.821. The van der Waals surface area contributed by atoms with Crippen molar-refractivity contribution in [2.45, 2.75) is 46.1 Å². The number of nitrogens with one attached hydrogen (secondary N) is 1. The van der Waals surface area contributed by atoms with E-state index in [0.717, 1.165) is 5.56 Å². The van der Waals surface area contributed by atoms with E-state index >= 15 is 0 Å². The average molecular weight is 346 g/mol. The summed E-state index contributed by atoms with van der Waals surface area (Å²) in [6, 6.07) is 4.18. The number of rotatable bonds is 6. The summed E-state index contributed by atoms with van der Waals surface area (Å²) in [5, 5.41) is 12.8. The van der Waals surface area contributed by atoms with Crippen molar-refractivity contribution in [3.05, 3.63) is 34.6 Å². The fourth-order valence-electron chi connectivity index (χ4n) is 2.18. The minimum absolute atomic E-state index is 0.132. The number of alkyl carbamates (subject to hydrolysis) is 1. The van der Waals surface area contributed by atoms with Crippen molar-refractivity contribution < 1.29 is 19.0 Å². The minimum atomic E-state index is -0.585. The Morgan fingerprint density at radius 2 is 2.04 bits per heavy atom. The number of carbonyl (C=O) groups is 1. The van der Waals surface area contributed by atoms with Gasteiger partial charge in [0.2, 0.25) is 0 Å². The number of amides is 1. The third-order valence-corrected chi connectivity index (χ3v) is 4.02. The molecule has 0 bridgehead atoms. The highest BCUT2D eigenvalue weighted by molar-refractivity contribution is 6.31. The summed E-state index contributed by atoms with van der Waals surface area (Å²) in [5.74, 6) is -0.406. The molecule has 0 aliphatic carbocycles. The van der Waals surface area contributed by atoms with Gasteiger partial charge in [-0.15, -0.1) is 0 Å². The molecule has 1 aromatic rings. The van der Waals surface area contributed by atoms with Crippen LogP contribution in [0.15, 0.2) is 18.2 Å². The highest BCUT2D eigenvalue weighted by atomic mass is 35.5. The molecule has 0 saturated heterocycles. The summed E-state index contributed by atoms with van der Waals surface area (Å²) >= 11 is 6.07. The van der Waals surface area contributed by atoms with Crippen LogP contribution < -0.4 is 5.32 Å². The van der Waals surface area contributed by atoms with Crippen LogP contribution in [-0.2, 0) is 11.2 Å². The minimum Gasteiger partial charge on any atom is -0.444 e. The molecule has 1 amide bonds. The monoisotopic (exact) mass is 345 g/mol. The van der Waals surface area contributed by atoms with Crippen LogP contribution in [0, 0.1) is 11.2 Å². The number of hydrogen-bond acceptors (Lipinski definition) is 3. The molecule has 0 aliphatic rings. The SMILES string of the molecule is CCC(CO)(CNC(=O)OC(C)(C)C)Cc1ccc(F)cc1Cl. The molecule has 0 aliphatic heterocycles. The number of ether oxygens (including phenoxy) is 1. The summed E-state index contributed by atoms with van der Waals surface area (Å²) in [6.45, 7) is 7.37. The summed E-state index contributed by atoms with van der Waals surface area (Å²) in [6.07, 6.45) is 0.510. The van der Waals surface area contributed by atoms with Gasteiger partial charge in [0.05, 0.1) is 6.61 Å². The Hall–Kier alpha value is -1.33.